The van der Waals surface area contributed by atoms with Crippen molar-refractivity contribution in [2.45, 2.75) is 39.7 Å². The number of carbonyl (C=O) groups is 2. The zero-order valence-corrected chi connectivity index (χ0v) is 16.3. The highest BCUT2D eigenvalue weighted by atomic mass is 16.5. The van der Waals surface area contributed by atoms with Gasteiger partial charge in [0.15, 0.2) is 12.4 Å². The van der Waals surface area contributed by atoms with Crippen molar-refractivity contribution in [3.63, 3.8) is 0 Å². The van der Waals surface area contributed by atoms with Crippen LogP contribution in [0.25, 0.3) is 5.69 Å². The standard InChI is InChI=1S/C20H27N3O4/c1-14(2)10-11-15(3)21-18(24)13-27-20(25)19-17(26-4)12-23(22-19)16-8-6-5-7-9-16/h5-9,12,14-15H,10-11,13H2,1-4H3,(H,21,24)/t15-/m1/s1. The molecule has 0 fully saturated rings. The predicted molar refractivity (Wildman–Crippen MR) is 102 cm³/mol. The Bertz CT molecular complexity index is 756. The molecule has 0 aliphatic rings. The van der Waals surface area contributed by atoms with Crippen LogP contribution in [-0.2, 0) is 9.53 Å². The van der Waals surface area contributed by atoms with Crippen LogP contribution in [0.1, 0.15) is 44.1 Å². The fourth-order valence-electron chi connectivity index (χ4n) is 2.53. The minimum absolute atomic E-state index is 0.0296. The molecule has 1 heterocycles. The van der Waals surface area contributed by atoms with Crippen LogP contribution in [0, 0.1) is 5.92 Å². The molecule has 0 bridgehead atoms. The molecule has 0 saturated carbocycles. The molecule has 0 unspecified atom stereocenters. The first kappa shape index (κ1) is 20.5. The number of para-hydroxylation sites is 1. The number of ether oxygens (including phenoxy) is 2. The summed E-state index contributed by atoms with van der Waals surface area (Å²) in [6.45, 7) is 5.86. The highest BCUT2D eigenvalue weighted by Crippen LogP contribution is 2.20. The van der Waals surface area contributed by atoms with Crippen molar-refractivity contribution in [1.29, 1.82) is 0 Å². The van der Waals surface area contributed by atoms with E-state index in [9.17, 15) is 9.59 Å². The van der Waals surface area contributed by atoms with Gasteiger partial charge >= 0.3 is 5.97 Å². The van der Waals surface area contributed by atoms with E-state index in [0.29, 0.717) is 5.92 Å². The van der Waals surface area contributed by atoms with Crippen molar-refractivity contribution in [2.24, 2.45) is 5.92 Å². The quantitative estimate of drug-likeness (QED) is 0.683. The van der Waals surface area contributed by atoms with E-state index in [0.717, 1.165) is 18.5 Å². The normalized spacial score (nSPS) is 11.9. The first-order valence-electron chi connectivity index (χ1n) is 9.06. The van der Waals surface area contributed by atoms with E-state index >= 15 is 0 Å². The Hall–Kier alpha value is -2.83. The molecular formula is C20H27N3O4. The first-order chi connectivity index (χ1) is 12.9. The summed E-state index contributed by atoms with van der Waals surface area (Å²) in [6, 6.07) is 9.37. The Morgan fingerprint density at radius 2 is 1.85 bits per heavy atom. The molecule has 27 heavy (non-hydrogen) atoms. The van der Waals surface area contributed by atoms with E-state index in [1.165, 1.54) is 11.8 Å². The summed E-state index contributed by atoms with van der Waals surface area (Å²) >= 11 is 0. The van der Waals surface area contributed by atoms with E-state index < -0.39 is 5.97 Å². The third kappa shape index (κ3) is 6.13. The number of methoxy groups -OCH3 is 1. The van der Waals surface area contributed by atoms with Crippen molar-refractivity contribution in [3.05, 3.63) is 42.2 Å². The summed E-state index contributed by atoms with van der Waals surface area (Å²) < 4.78 is 11.8. The maximum atomic E-state index is 12.3. The van der Waals surface area contributed by atoms with Gasteiger partial charge in [-0.15, -0.1) is 0 Å². The van der Waals surface area contributed by atoms with Crippen LogP contribution in [0.2, 0.25) is 0 Å². The summed E-state index contributed by atoms with van der Waals surface area (Å²) in [6.07, 6.45) is 3.50. The molecule has 146 valence electrons. The number of hydrogen-bond donors (Lipinski definition) is 1. The molecule has 0 aliphatic carbocycles. The van der Waals surface area contributed by atoms with E-state index in [1.54, 1.807) is 6.20 Å². The molecule has 0 radical (unpaired) electrons. The van der Waals surface area contributed by atoms with Crippen molar-refractivity contribution >= 4 is 11.9 Å². The van der Waals surface area contributed by atoms with Crippen LogP contribution in [-0.4, -0.2) is 41.4 Å². The molecule has 1 aromatic carbocycles. The maximum Gasteiger partial charge on any atom is 0.363 e. The molecule has 0 spiro atoms. The Kier molecular flexibility index (Phi) is 7.40. The number of carbonyl (C=O) groups excluding carboxylic acids is 2. The lowest BCUT2D eigenvalue weighted by atomic mass is 10.0. The molecule has 2 aromatic rings. The van der Waals surface area contributed by atoms with Crippen LogP contribution < -0.4 is 10.1 Å². The van der Waals surface area contributed by atoms with Gasteiger partial charge in [0, 0.05) is 6.04 Å². The van der Waals surface area contributed by atoms with Gasteiger partial charge in [0.1, 0.15) is 0 Å². The lowest BCUT2D eigenvalue weighted by molar-refractivity contribution is -0.124. The highest BCUT2D eigenvalue weighted by molar-refractivity contribution is 5.92. The molecule has 0 saturated heterocycles. The number of rotatable bonds is 9. The number of nitrogens with one attached hydrogen (secondary N) is 1. The van der Waals surface area contributed by atoms with E-state index in [-0.39, 0.29) is 30.0 Å². The molecule has 1 amide bonds. The van der Waals surface area contributed by atoms with E-state index in [4.69, 9.17) is 9.47 Å². The minimum Gasteiger partial charge on any atom is -0.493 e. The van der Waals surface area contributed by atoms with Crippen molar-refractivity contribution in [3.8, 4) is 11.4 Å². The Balaban J connectivity index is 1.94. The number of hydrogen-bond acceptors (Lipinski definition) is 5. The molecular weight excluding hydrogens is 346 g/mol. The third-order valence-electron chi connectivity index (χ3n) is 4.03. The summed E-state index contributed by atoms with van der Waals surface area (Å²) in [5, 5.41) is 7.05. The van der Waals surface area contributed by atoms with Gasteiger partial charge in [0.2, 0.25) is 5.69 Å². The second-order valence-corrected chi connectivity index (χ2v) is 6.84. The van der Waals surface area contributed by atoms with Gasteiger partial charge in [-0.1, -0.05) is 32.0 Å². The molecule has 7 heteroatoms. The van der Waals surface area contributed by atoms with Crippen molar-refractivity contribution < 1.29 is 19.1 Å². The van der Waals surface area contributed by atoms with Gasteiger partial charge in [0.25, 0.3) is 5.91 Å². The average molecular weight is 373 g/mol. The smallest absolute Gasteiger partial charge is 0.363 e. The Labute approximate surface area is 159 Å². The Morgan fingerprint density at radius 3 is 2.48 bits per heavy atom. The molecule has 1 aromatic heterocycles. The minimum atomic E-state index is -0.702. The number of aromatic nitrogens is 2. The number of nitrogens with zero attached hydrogens (tertiary/aromatic N) is 2. The van der Waals surface area contributed by atoms with Gasteiger partial charge in [-0.25, -0.2) is 9.48 Å². The number of amides is 1. The van der Waals surface area contributed by atoms with Crippen molar-refractivity contribution in [1.82, 2.24) is 15.1 Å². The fraction of sp³-hybridized carbons (Fsp3) is 0.450. The second-order valence-electron chi connectivity index (χ2n) is 6.84. The van der Waals surface area contributed by atoms with E-state index in [1.807, 2.05) is 37.3 Å². The summed E-state index contributed by atoms with van der Waals surface area (Å²) in [4.78, 5) is 24.3. The third-order valence-corrected chi connectivity index (χ3v) is 4.03. The lowest BCUT2D eigenvalue weighted by Gasteiger charge is -2.15. The number of benzene rings is 1. The topological polar surface area (TPSA) is 82.5 Å². The van der Waals surface area contributed by atoms with Crippen LogP contribution in [0.15, 0.2) is 36.5 Å². The van der Waals surface area contributed by atoms with Gasteiger partial charge < -0.3 is 14.8 Å². The first-order valence-corrected chi connectivity index (χ1v) is 9.06. The summed E-state index contributed by atoms with van der Waals surface area (Å²) in [7, 11) is 1.45. The van der Waals surface area contributed by atoms with Gasteiger partial charge in [-0.2, -0.15) is 5.10 Å². The van der Waals surface area contributed by atoms with Gasteiger partial charge in [-0.05, 0) is 37.8 Å². The summed E-state index contributed by atoms with van der Waals surface area (Å²) in [5.74, 6) is -0.170. The largest absolute Gasteiger partial charge is 0.493 e. The monoisotopic (exact) mass is 373 g/mol. The molecule has 0 aliphatic heterocycles. The number of esters is 1. The molecule has 7 nitrogen and oxygen atoms in total. The molecule has 2 rings (SSSR count). The maximum absolute atomic E-state index is 12.3. The zero-order valence-electron chi connectivity index (χ0n) is 16.3. The lowest BCUT2D eigenvalue weighted by Crippen LogP contribution is -2.36. The van der Waals surface area contributed by atoms with Gasteiger partial charge in [-0.3, -0.25) is 4.79 Å². The zero-order chi connectivity index (χ0) is 19.8. The van der Waals surface area contributed by atoms with Gasteiger partial charge in [0.05, 0.1) is 19.0 Å². The average Bonchev–Trinajstić information content (AvgIpc) is 3.09. The van der Waals surface area contributed by atoms with Crippen LogP contribution in [0.4, 0.5) is 0 Å². The molecule has 1 atom stereocenters. The predicted octanol–water partition coefficient (Wildman–Crippen LogP) is 2.98. The van der Waals surface area contributed by atoms with Crippen LogP contribution in [0.3, 0.4) is 0 Å². The highest BCUT2D eigenvalue weighted by Gasteiger charge is 2.21. The van der Waals surface area contributed by atoms with E-state index in [2.05, 4.69) is 24.3 Å². The van der Waals surface area contributed by atoms with Crippen molar-refractivity contribution in [2.75, 3.05) is 13.7 Å². The molecule has 1 N–H and O–H groups in total. The summed E-state index contributed by atoms with van der Waals surface area (Å²) in [5.41, 5.74) is 0.813. The Morgan fingerprint density at radius 1 is 1.15 bits per heavy atom. The van der Waals surface area contributed by atoms with Crippen LogP contribution in [0.5, 0.6) is 5.75 Å². The second kappa shape index (κ2) is 9.75. The fourth-order valence-corrected chi connectivity index (χ4v) is 2.53. The van der Waals surface area contributed by atoms with Crippen LogP contribution >= 0.6 is 0 Å². The SMILES string of the molecule is COc1cn(-c2ccccc2)nc1C(=O)OCC(=O)N[C@H](C)CCC(C)C.